The molecule has 1 aliphatic heterocycles. The fraction of sp³-hybridized carbons (Fsp3) is 0.250. The largest absolute Gasteiger partial charge is 0.449 e. The number of hydrogen-bond acceptors (Lipinski definition) is 8. The molecule has 4 rings (SSSR count). The second-order valence-electron chi connectivity index (χ2n) is 7.33. The molecule has 3 aromatic rings. The number of rotatable bonds is 7. The Morgan fingerprint density at radius 3 is 2.55 bits per heavy atom. The Labute approximate surface area is 191 Å². The third-order valence-electron chi connectivity index (χ3n) is 5.00. The Hall–Kier alpha value is -3.98. The van der Waals surface area contributed by atoms with Gasteiger partial charge in [0.05, 0.1) is 19.4 Å². The van der Waals surface area contributed by atoms with Gasteiger partial charge in [-0.3, -0.25) is 9.78 Å². The summed E-state index contributed by atoms with van der Waals surface area (Å²) in [4.78, 5) is 35.5. The molecule has 1 saturated heterocycles. The summed E-state index contributed by atoms with van der Waals surface area (Å²) in [6.07, 6.45) is 3.59. The number of pyridine rings is 2. The maximum absolute atomic E-state index is 12.7. The lowest BCUT2D eigenvalue weighted by atomic mass is 10.2. The highest BCUT2D eigenvalue weighted by Gasteiger charge is 2.22. The SMILES string of the molecule is CC(OC(=O)c1cccnc1Oc1cccnc1)C(=O)Nc1ccc(N2CCOCC2)cc1. The number of carbonyl (C=O) groups is 2. The molecule has 1 fully saturated rings. The number of nitrogens with zero attached hydrogens (tertiary/aromatic N) is 3. The van der Waals surface area contributed by atoms with Gasteiger partial charge < -0.3 is 24.4 Å². The summed E-state index contributed by atoms with van der Waals surface area (Å²) >= 11 is 0. The summed E-state index contributed by atoms with van der Waals surface area (Å²) in [5, 5.41) is 2.77. The quantitative estimate of drug-likeness (QED) is 0.550. The number of anilines is 2. The Morgan fingerprint density at radius 1 is 1.06 bits per heavy atom. The highest BCUT2D eigenvalue weighted by atomic mass is 16.6. The smallest absolute Gasteiger partial charge is 0.344 e. The molecule has 9 nitrogen and oxygen atoms in total. The summed E-state index contributed by atoms with van der Waals surface area (Å²) in [6, 6.07) is 14.0. The van der Waals surface area contributed by atoms with Crippen LogP contribution in [0.4, 0.5) is 11.4 Å². The van der Waals surface area contributed by atoms with Crippen molar-refractivity contribution in [2.45, 2.75) is 13.0 Å². The summed E-state index contributed by atoms with van der Waals surface area (Å²) < 4.78 is 16.4. The fourth-order valence-electron chi connectivity index (χ4n) is 3.25. The molecule has 1 atom stereocenters. The van der Waals surface area contributed by atoms with Crippen LogP contribution in [0.1, 0.15) is 17.3 Å². The van der Waals surface area contributed by atoms with E-state index in [9.17, 15) is 9.59 Å². The van der Waals surface area contributed by atoms with E-state index in [0.717, 1.165) is 18.8 Å². The molecular formula is C24H24N4O5. The normalized spacial score (nSPS) is 14.3. The highest BCUT2D eigenvalue weighted by molar-refractivity contribution is 5.98. The van der Waals surface area contributed by atoms with Crippen molar-refractivity contribution in [2.75, 3.05) is 36.5 Å². The third kappa shape index (κ3) is 5.83. The van der Waals surface area contributed by atoms with Crippen molar-refractivity contribution in [1.82, 2.24) is 9.97 Å². The van der Waals surface area contributed by atoms with E-state index in [4.69, 9.17) is 14.2 Å². The topological polar surface area (TPSA) is 103 Å². The lowest BCUT2D eigenvalue weighted by Gasteiger charge is -2.28. The Bertz CT molecular complexity index is 1090. The van der Waals surface area contributed by atoms with Gasteiger partial charge in [0.1, 0.15) is 11.3 Å². The average Bonchev–Trinajstić information content (AvgIpc) is 2.86. The van der Waals surface area contributed by atoms with E-state index >= 15 is 0 Å². The van der Waals surface area contributed by atoms with Crippen molar-refractivity contribution in [3.8, 4) is 11.6 Å². The minimum Gasteiger partial charge on any atom is -0.449 e. The van der Waals surface area contributed by atoms with Gasteiger partial charge in [0.25, 0.3) is 5.91 Å². The number of nitrogens with one attached hydrogen (secondary N) is 1. The molecule has 2 aromatic heterocycles. The predicted molar refractivity (Wildman–Crippen MR) is 122 cm³/mol. The Balaban J connectivity index is 1.35. The molecule has 3 heterocycles. The number of hydrogen-bond donors (Lipinski definition) is 1. The van der Waals surface area contributed by atoms with Crippen molar-refractivity contribution < 1.29 is 23.8 Å². The highest BCUT2D eigenvalue weighted by Crippen LogP contribution is 2.23. The summed E-state index contributed by atoms with van der Waals surface area (Å²) in [5.41, 5.74) is 1.78. The van der Waals surface area contributed by atoms with Gasteiger partial charge in [0.2, 0.25) is 5.88 Å². The van der Waals surface area contributed by atoms with Crippen molar-refractivity contribution in [3.05, 3.63) is 72.7 Å². The monoisotopic (exact) mass is 448 g/mol. The molecule has 170 valence electrons. The van der Waals surface area contributed by atoms with Crippen LogP contribution >= 0.6 is 0 Å². The Kier molecular flexibility index (Phi) is 7.11. The maximum atomic E-state index is 12.7. The van der Waals surface area contributed by atoms with Crippen LogP contribution in [0.15, 0.2) is 67.1 Å². The zero-order valence-corrected chi connectivity index (χ0v) is 18.1. The van der Waals surface area contributed by atoms with Gasteiger partial charge in [0, 0.05) is 36.9 Å². The van der Waals surface area contributed by atoms with Crippen molar-refractivity contribution in [3.63, 3.8) is 0 Å². The van der Waals surface area contributed by atoms with E-state index in [1.54, 1.807) is 24.4 Å². The molecule has 1 aliphatic rings. The molecule has 0 bridgehead atoms. The average molecular weight is 448 g/mol. The van der Waals surface area contributed by atoms with Crippen LogP contribution in [-0.2, 0) is 14.3 Å². The van der Waals surface area contributed by atoms with Crippen molar-refractivity contribution >= 4 is 23.3 Å². The molecule has 1 unspecified atom stereocenters. The number of carbonyl (C=O) groups excluding carboxylic acids is 2. The molecular weight excluding hydrogens is 424 g/mol. The molecule has 1 amide bonds. The van der Waals surface area contributed by atoms with Crippen LogP contribution in [0.3, 0.4) is 0 Å². The van der Waals surface area contributed by atoms with E-state index in [2.05, 4.69) is 20.2 Å². The molecule has 1 N–H and O–H groups in total. The van der Waals surface area contributed by atoms with Gasteiger partial charge in [-0.2, -0.15) is 0 Å². The number of aromatic nitrogens is 2. The third-order valence-corrected chi connectivity index (χ3v) is 5.00. The van der Waals surface area contributed by atoms with Gasteiger partial charge in [-0.15, -0.1) is 0 Å². The Morgan fingerprint density at radius 2 is 1.82 bits per heavy atom. The first-order valence-electron chi connectivity index (χ1n) is 10.6. The lowest BCUT2D eigenvalue weighted by molar-refractivity contribution is -0.123. The van der Waals surface area contributed by atoms with Gasteiger partial charge in [-0.1, -0.05) is 0 Å². The van der Waals surface area contributed by atoms with Crippen LogP contribution in [0, 0.1) is 0 Å². The van der Waals surface area contributed by atoms with E-state index < -0.39 is 18.0 Å². The first-order chi connectivity index (χ1) is 16.1. The first kappa shape index (κ1) is 22.2. The molecule has 0 aliphatic carbocycles. The van der Waals surface area contributed by atoms with Crippen LogP contribution in [0.2, 0.25) is 0 Å². The van der Waals surface area contributed by atoms with E-state index in [0.29, 0.717) is 24.7 Å². The summed E-state index contributed by atoms with van der Waals surface area (Å²) in [7, 11) is 0. The van der Waals surface area contributed by atoms with Crippen LogP contribution in [0.25, 0.3) is 0 Å². The first-order valence-corrected chi connectivity index (χ1v) is 10.6. The number of morpholine rings is 1. The van der Waals surface area contributed by atoms with E-state index in [1.165, 1.54) is 25.4 Å². The zero-order chi connectivity index (χ0) is 23.0. The molecule has 0 spiro atoms. The van der Waals surface area contributed by atoms with Gasteiger partial charge in [-0.25, -0.2) is 9.78 Å². The van der Waals surface area contributed by atoms with Crippen molar-refractivity contribution in [2.24, 2.45) is 0 Å². The number of ether oxygens (including phenoxy) is 3. The molecule has 0 saturated carbocycles. The number of esters is 1. The fourth-order valence-corrected chi connectivity index (χ4v) is 3.25. The van der Waals surface area contributed by atoms with Gasteiger partial charge >= 0.3 is 5.97 Å². The van der Waals surface area contributed by atoms with E-state index in [1.807, 2.05) is 24.3 Å². The minimum absolute atomic E-state index is 0.0711. The number of amides is 1. The van der Waals surface area contributed by atoms with Crippen LogP contribution < -0.4 is 15.0 Å². The van der Waals surface area contributed by atoms with Crippen molar-refractivity contribution in [1.29, 1.82) is 0 Å². The zero-order valence-electron chi connectivity index (χ0n) is 18.1. The van der Waals surface area contributed by atoms with E-state index in [-0.39, 0.29) is 11.4 Å². The molecule has 1 aromatic carbocycles. The lowest BCUT2D eigenvalue weighted by Crippen LogP contribution is -2.36. The van der Waals surface area contributed by atoms with Crippen LogP contribution in [0.5, 0.6) is 11.6 Å². The minimum atomic E-state index is -1.03. The van der Waals surface area contributed by atoms with Gasteiger partial charge in [0.15, 0.2) is 6.10 Å². The van der Waals surface area contributed by atoms with Crippen LogP contribution in [-0.4, -0.2) is 54.3 Å². The summed E-state index contributed by atoms with van der Waals surface area (Å²) in [6.45, 7) is 4.58. The second-order valence-corrected chi connectivity index (χ2v) is 7.33. The molecule has 9 heteroatoms. The number of benzene rings is 1. The van der Waals surface area contributed by atoms with Gasteiger partial charge in [-0.05, 0) is 55.5 Å². The second kappa shape index (κ2) is 10.6. The molecule has 0 radical (unpaired) electrons. The summed E-state index contributed by atoms with van der Waals surface area (Å²) in [5.74, 6) is -0.660. The molecule has 33 heavy (non-hydrogen) atoms. The predicted octanol–water partition coefficient (Wildman–Crippen LogP) is 3.29. The standard InChI is InChI=1S/C24H24N4O5/c1-17(22(29)27-18-6-8-19(9-7-18)28-12-14-31-15-13-28)32-24(30)21-5-3-11-26-23(21)33-20-4-2-10-25-16-20/h2-11,16-17H,12-15H2,1H3,(H,27,29). The maximum Gasteiger partial charge on any atom is 0.344 e.